The molecular weight excluding hydrogens is 216 g/mol. The number of aromatic hydroxyl groups is 1. The molecule has 2 rings (SSSR count). The fourth-order valence-electron chi connectivity index (χ4n) is 2.31. The summed E-state index contributed by atoms with van der Waals surface area (Å²) in [5.41, 5.74) is 2.13. The molecule has 2 N–H and O–H groups in total. The van der Waals surface area contributed by atoms with Crippen LogP contribution in [0.4, 0.5) is 0 Å². The van der Waals surface area contributed by atoms with Crippen molar-refractivity contribution in [3.63, 3.8) is 0 Å². The van der Waals surface area contributed by atoms with Gasteiger partial charge in [-0.25, -0.2) is 0 Å². The fraction of sp³-hybridized carbons (Fsp3) is 0.538. The first-order valence-corrected chi connectivity index (χ1v) is 6.00. The van der Waals surface area contributed by atoms with Crippen molar-refractivity contribution in [3.8, 4) is 11.5 Å². The van der Waals surface area contributed by atoms with Crippen LogP contribution in [0.5, 0.6) is 11.5 Å². The summed E-state index contributed by atoms with van der Waals surface area (Å²) in [6, 6.07) is 3.88. The van der Waals surface area contributed by atoms with Gasteiger partial charge in [0.25, 0.3) is 0 Å². The Morgan fingerprint density at radius 3 is 2.65 bits per heavy atom. The first kappa shape index (κ1) is 12.2. The lowest BCUT2D eigenvalue weighted by Gasteiger charge is -2.27. The van der Waals surface area contributed by atoms with Crippen LogP contribution in [-0.2, 0) is 6.54 Å². The summed E-state index contributed by atoms with van der Waals surface area (Å²) >= 11 is 0. The van der Waals surface area contributed by atoms with Crippen LogP contribution in [0.1, 0.15) is 11.1 Å². The molecule has 94 valence electrons. The topological polar surface area (TPSA) is 44.7 Å². The average molecular weight is 236 g/mol. The molecule has 17 heavy (non-hydrogen) atoms. The molecule has 0 saturated carbocycles. The average Bonchev–Trinajstić information content (AvgIpc) is 2.30. The normalized spacial score (nSPS) is 17.1. The van der Waals surface area contributed by atoms with Crippen molar-refractivity contribution >= 4 is 0 Å². The van der Waals surface area contributed by atoms with E-state index in [0.717, 1.165) is 43.9 Å². The van der Waals surface area contributed by atoms with Gasteiger partial charge in [0.1, 0.15) is 0 Å². The van der Waals surface area contributed by atoms with Gasteiger partial charge in [0.2, 0.25) is 0 Å². The molecule has 1 aliphatic heterocycles. The lowest BCUT2D eigenvalue weighted by atomic mass is 10.1. The van der Waals surface area contributed by atoms with Gasteiger partial charge in [0, 0.05) is 32.7 Å². The second-order valence-corrected chi connectivity index (χ2v) is 4.49. The van der Waals surface area contributed by atoms with Crippen molar-refractivity contribution < 1.29 is 9.84 Å². The molecule has 0 spiro atoms. The number of nitrogens with zero attached hydrogens (tertiary/aromatic N) is 1. The zero-order valence-corrected chi connectivity index (χ0v) is 10.5. The Bertz CT molecular complexity index is 364. The molecule has 1 aliphatic rings. The third-order valence-corrected chi connectivity index (χ3v) is 3.13. The Hall–Kier alpha value is -1.26. The number of phenolic OH excluding ortho intramolecular Hbond substituents is 1. The lowest BCUT2D eigenvalue weighted by Crippen LogP contribution is -2.42. The predicted octanol–water partition coefficient (Wildman–Crippen LogP) is 1.11. The molecular formula is C13H20N2O2. The van der Waals surface area contributed by atoms with Gasteiger partial charge in [-0.15, -0.1) is 0 Å². The lowest BCUT2D eigenvalue weighted by molar-refractivity contribution is 0.233. The van der Waals surface area contributed by atoms with Gasteiger partial charge >= 0.3 is 0 Å². The highest BCUT2D eigenvalue weighted by atomic mass is 16.5. The summed E-state index contributed by atoms with van der Waals surface area (Å²) in [7, 11) is 1.58. The molecule has 0 aromatic heterocycles. The van der Waals surface area contributed by atoms with E-state index < -0.39 is 0 Å². The number of methoxy groups -OCH3 is 1. The second-order valence-electron chi connectivity index (χ2n) is 4.49. The third kappa shape index (κ3) is 2.90. The minimum atomic E-state index is 0.234. The Kier molecular flexibility index (Phi) is 3.86. The number of hydrogen-bond acceptors (Lipinski definition) is 4. The zero-order valence-electron chi connectivity index (χ0n) is 10.5. The summed E-state index contributed by atoms with van der Waals surface area (Å²) in [6.07, 6.45) is 0. The van der Waals surface area contributed by atoms with Gasteiger partial charge in [-0.2, -0.15) is 0 Å². The molecule has 0 bridgehead atoms. The molecule has 1 saturated heterocycles. The molecule has 0 radical (unpaired) electrons. The van der Waals surface area contributed by atoms with Crippen LogP contribution in [0.3, 0.4) is 0 Å². The van der Waals surface area contributed by atoms with Gasteiger partial charge in [-0.3, -0.25) is 4.90 Å². The van der Waals surface area contributed by atoms with Crippen molar-refractivity contribution in [2.75, 3.05) is 33.3 Å². The predicted molar refractivity (Wildman–Crippen MR) is 67.5 cm³/mol. The standard InChI is InChI=1S/C13H20N2O2/c1-10-7-11(8-12(16)13(10)17-2)9-15-5-3-14-4-6-15/h7-8,14,16H,3-6,9H2,1-2H3. The molecule has 0 atom stereocenters. The number of ether oxygens (including phenoxy) is 1. The van der Waals surface area contributed by atoms with E-state index >= 15 is 0 Å². The molecule has 4 heteroatoms. The number of hydrogen-bond donors (Lipinski definition) is 2. The van der Waals surface area contributed by atoms with Crippen LogP contribution >= 0.6 is 0 Å². The van der Waals surface area contributed by atoms with Crippen molar-refractivity contribution in [1.29, 1.82) is 0 Å². The Morgan fingerprint density at radius 1 is 1.35 bits per heavy atom. The molecule has 1 fully saturated rings. The number of benzene rings is 1. The van der Waals surface area contributed by atoms with Crippen LogP contribution in [0.15, 0.2) is 12.1 Å². The van der Waals surface area contributed by atoms with Crippen molar-refractivity contribution in [3.05, 3.63) is 23.3 Å². The smallest absolute Gasteiger partial charge is 0.163 e. The maximum atomic E-state index is 9.85. The van der Waals surface area contributed by atoms with Crippen molar-refractivity contribution in [2.24, 2.45) is 0 Å². The van der Waals surface area contributed by atoms with E-state index in [2.05, 4.69) is 16.3 Å². The largest absolute Gasteiger partial charge is 0.504 e. The SMILES string of the molecule is COc1c(C)cc(CN2CCNCC2)cc1O. The number of phenols is 1. The Balaban J connectivity index is 2.10. The maximum Gasteiger partial charge on any atom is 0.163 e. The number of aryl methyl sites for hydroxylation is 1. The number of piperazine rings is 1. The molecule has 0 unspecified atom stereocenters. The van der Waals surface area contributed by atoms with E-state index in [0.29, 0.717) is 5.75 Å². The van der Waals surface area contributed by atoms with Crippen LogP contribution < -0.4 is 10.1 Å². The highest BCUT2D eigenvalue weighted by Gasteiger charge is 2.12. The summed E-state index contributed by atoms with van der Waals surface area (Å²) < 4.78 is 5.15. The molecule has 0 aliphatic carbocycles. The van der Waals surface area contributed by atoms with E-state index in [9.17, 15) is 5.11 Å². The van der Waals surface area contributed by atoms with Gasteiger partial charge in [0.15, 0.2) is 11.5 Å². The molecule has 4 nitrogen and oxygen atoms in total. The highest BCUT2D eigenvalue weighted by Crippen LogP contribution is 2.31. The van der Waals surface area contributed by atoms with Crippen LogP contribution in [0, 0.1) is 6.92 Å². The van der Waals surface area contributed by atoms with E-state index in [1.165, 1.54) is 0 Å². The summed E-state index contributed by atoms with van der Waals surface area (Å²) in [4.78, 5) is 2.39. The second kappa shape index (κ2) is 5.38. The van der Waals surface area contributed by atoms with Gasteiger partial charge in [-0.1, -0.05) is 6.07 Å². The molecule has 1 aromatic rings. The first-order valence-electron chi connectivity index (χ1n) is 6.00. The molecule has 1 aromatic carbocycles. The van der Waals surface area contributed by atoms with Crippen molar-refractivity contribution in [2.45, 2.75) is 13.5 Å². The summed E-state index contributed by atoms with van der Waals surface area (Å²) in [6.45, 7) is 7.06. The summed E-state index contributed by atoms with van der Waals surface area (Å²) in [5.74, 6) is 0.812. The van der Waals surface area contributed by atoms with Crippen molar-refractivity contribution in [1.82, 2.24) is 10.2 Å². The number of nitrogens with one attached hydrogen (secondary N) is 1. The first-order chi connectivity index (χ1) is 8.20. The Morgan fingerprint density at radius 2 is 2.06 bits per heavy atom. The molecule has 0 amide bonds. The minimum Gasteiger partial charge on any atom is -0.504 e. The fourth-order valence-corrected chi connectivity index (χ4v) is 2.31. The van der Waals surface area contributed by atoms with E-state index in [1.807, 2.05) is 6.92 Å². The van der Waals surface area contributed by atoms with Crippen LogP contribution in [0.25, 0.3) is 0 Å². The van der Waals surface area contributed by atoms with Crippen LogP contribution in [0.2, 0.25) is 0 Å². The van der Waals surface area contributed by atoms with Gasteiger partial charge in [-0.05, 0) is 24.1 Å². The van der Waals surface area contributed by atoms with Gasteiger partial charge in [0.05, 0.1) is 7.11 Å². The summed E-state index contributed by atoms with van der Waals surface area (Å²) in [5, 5.41) is 13.2. The van der Waals surface area contributed by atoms with Crippen LogP contribution in [-0.4, -0.2) is 43.3 Å². The quantitative estimate of drug-likeness (QED) is 0.825. The zero-order chi connectivity index (χ0) is 12.3. The third-order valence-electron chi connectivity index (χ3n) is 3.13. The molecule has 1 heterocycles. The van der Waals surface area contributed by atoms with E-state index in [1.54, 1.807) is 13.2 Å². The van der Waals surface area contributed by atoms with E-state index in [-0.39, 0.29) is 5.75 Å². The minimum absolute atomic E-state index is 0.234. The number of rotatable bonds is 3. The maximum absolute atomic E-state index is 9.85. The Labute approximate surface area is 102 Å². The van der Waals surface area contributed by atoms with E-state index in [4.69, 9.17) is 4.74 Å². The monoisotopic (exact) mass is 236 g/mol. The highest BCUT2D eigenvalue weighted by molar-refractivity contribution is 5.47. The van der Waals surface area contributed by atoms with Gasteiger partial charge < -0.3 is 15.2 Å².